The SMILES string of the molecule is CCC(CCN)CCC(=O)NCC(O)CC(C)C. The smallest absolute Gasteiger partial charge is 0.220 e. The molecule has 0 radical (unpaired) electrons. The number of carbonyl (C=O) groups excluding carboxylic acids is 1. The normalized spacial score (nSPS) is 14.6. The molecule has 4 heteroatoms. The Bertz CT molecular complexity index is 220. The minimum Gasteiger partial charge on any atom is -0.391 e. The Labute approximate surface area is 111 Å². The summed E-state index contributed by atoms with van der Waals surface area (Å²) < 4.78 is 0. The summed E-state index contributed by atoms with van der Waals surface area (Å²) in [4.78, 5) is 11.6. The second-order valence-electron chi connectivity index (χ2n) is 5.48. The molecule has 4 nitrogen and oxygen atoms in total. The Morgan fingerprint density at radius 3 is 2.50 bits per heavy atom. The molecule has 2 unspecified atom stereocenters. The fourth-order valence-electron chi connectivity index (χ4n) is 2.07. The van der Waals surface area contributed by atoms with E-state index < -0.39 is 6.10 Å². The van der Waals surface area contributed by atoms with Crippen molar-refractivity contribution in [2.24, 2.45) is 17.6 Å². The van der Waals surface area contributed by atoms with Gasteiger partial charge in [-0.1, -0.05) is 27.2 Å². The molecule has 0 heterocycles. The zero-order valence-corrected chi connectivity index (χ0v) is 12.1. The maximum atomic E-state index is 11.6. The molecule has 0 aliphatic rings. The summed E-state index contributed by atoms with van der Waals surface area (Å²) in [6.45, 7) is 7.30. The number of hydrogen-bond acceptors (Lipinski definition) is 3. The number of hydrogen-bond donors (Lipinski definition) is 3. The van der Waals surface area contributed by atoms with Crippen LogP contribution in [-0.4, -0.2) is 30.2 Å². The van der Waals surface area contributed by atoms with Crippen LogP contribution in [0.1, 0.15) is 52.9 Å². The third-order valence-electron chi connectivity index (χ3n) is 3.21. The van der Waals surface area contributed by atoms with Crippen LogP contribution in [0.25, 0.3) is 0 Å². The average Bonchev–Trinajstić information content (AvgIpc) is 2.31. The largest absolute Gasteiger partial charge is 0.391 e. The van der Waals surface area contributed by atoms with Crippen LogP contribution in [0.4, 0.5) is 0 Å². The minimum atomic E-state index is -0.431. The standard InChI is InChI=1S/C14H30N2O2/c1-4-12(7-8-15)5-6-14(18)16-10-13(17)9-11(2)3/h11-13,17H,4-10,15H2,1-3H3,(H,16,18). The summed E-state index contributed by atoms with van der Waals surface area (Å²) >= 11 is 0. The third-order valence-corrected chi connectivity index (χ3v) is 3.21. The number of amides is 1. The van der Waals surface area contributed by atoms with Gasteiger partial charge in [-0.2, -0.15) is 0 Å². The molecule has 108 valence electrons. The second-order valence-corrected chi connectivity index (χ2v) is 5.48. The Morgan fingerprint density at radius 1 is 1.33 bits per heavy atom. The molecule has 0 bridgehead atoms. The first-order chi connectivity index (χ1) is 8.49. The van der Waals surface area contributed by atoms with Gasteiger partial charge < -0.3 is 16.2 Å². The van der Waals surface area contributed by atoms with Gasteiger partial charge in [0.2, 0.25) is 5.91 Å². The Balaban J connectivity index is 3.70. The fraction of sp³-hybridized carbons (Fsp3) is 0.929. The van der Waals surface area contributed by atoms with E-state index in [1.165, 1.54) is 0 Å². The molecule has 0 saturated heterocycles. The van der Waals surface area contributed by atoms with Crippen LogP contribution < -0.4 is 11.1 Å². The van der Waals surface area contributed by atoms with Crippen LogP contribution in [0.2, 0.25) is 0 Å². The van der Waals surface area contributed by atoms with Crippen molar-refractivity contribution < 1.29 is 9.90 Å². The molecule has 0 spiro atoms. The summed E-state index contributed by atoms with van der Waals surface area (Å²) in [5.74, 6) is 1.03. The van der Waals surface area contributed by atoms with Gasteiger partial charge in [-0.15, -0.1) is 0 Å². The van der Waals surface area contributed by atoms with E-state index in [1.807, 2.05) is 0 Å². The van der Waals surface area contributed by atoms with E-state index in [1.54, 1.807) is 0 Å². The lowest BCUT2D eigenvalue weighted by Crippen LogP contribution is -2.32. The summed E-state index contributed by atoms with van der Waals surface area (Å²) in [5, 5.41) is 12.4. The lowest BCUT2D eigenvalue weighted by molar-refractivity contribution is -0.121. The maximum Gasteiger partial charge on any atom is 0.220 e. The molecule has 0 aromatic carbocycles. The van der Waals surface area contributed by atoms with Gasteiger partial charge in [0.15, 0.2) is 0 Å². The molecule has 18 heavy (non-hydrogen) atoms. The first-order valence-corrected chi connectivity index (χ1v) is 7.14. The van der Waals surface area contributed by atoms with Crippen LogP contribution in [0.5, 0.6) is 0 Å². The van der Waals surface area contributed by atoms with Gasteiger partial charge in [0.1, 0.15) is 0 Å². The number of aliphatic hydroxyl groups excluding tert-OH is 1. The van der Waals surface area contributed by atoms with Crippen molar-refractivity contribution in [3.05, 3.63) is 0 Å². The highest BCUT2D eigenvalue weighted by atomic mass is 16.3. The summed E-state index contributed by atoms with van der Waals surface area (Å²) in [6, 6.07) is 0. The summed E-state index contributed by atoms with van der Waals surface area (Å²) in [7, 11) is 0. The van der Waals surface area contributed by atoms with Gasteiger partial charge in [-0.3, -0.25) is 4.79 Å². The van der Waals surface area contributed by atoms with E-state index in [0.29, 0.717) is 31.3 Å². The monoisotopic (exact) mass is 258 g/mol. The van der Waals surface area contributed by atoms with Crippen LogP contribution in [0.3, 0.4) is 0 Å². The van der Waals surface area contributed by atoms with Crippen molar-refractivity contribution in [3.63, 3.8) is 0 Å². The maximum absolute atomic E-state index is 11.6. The van der Waals surface area contributed by atoms with Crippen molar-refractivity contribution >= 4 is 5.91 Å². The van der Waals surface area contributed by atoms with E-state index in [4.69, 9.17) is 5.73 Å². The van der Waals surface area contributed by atoms with Gasteiger partial charge in [0.05, 0.1) is 6.10 Å². The van der Waals surface area contributed by atoms with Crippen LogP contribution in [-0.2, 0) is 4.79 Å². The predicted molar refractivity (Wildman–Crippen MR) is 75.2 cm³/mol. The van der Waals surface area contributed by atoms with Crippen molar-refractivity contribution in [1.82, 2.24) is 5.32 Å². The molecular weight excluding hydrogens is 228 g/mol. The minimum absolute atomic E-state index is 0.0354. The van der Waals surface area contributed by atoms with Crippen molar-refractivity contribution in [3.8, 4) is 0 Å². The van der Waals surface area contributed by atoms with Crippen molar-refractivity contribution in [1.29, 1.82) is 0 Å². The first-order valence-electron chi connectivity index (χ1n) is 7.14. The van der Waals surface area contributed by atoms with E-state index in [2.05, 4.69) is 26.1 Å². The molecule has 1 amide bonds. The molecule has 4 N–H and O–H groups in total. The Morgan fingerprint density at radius 2 is 2.00 bits per heavy atom. The van der Waals surface area contributed by atoms with Crippen molar-refractivity contribution in [2.45, 2.75) is 59.0 Å². The summed E-state index contributed by atoms with van der Waals surface area (Å²) in [5.41, 5.74) is 5.52. The zero-order valence-electron chi connectivity index (χ0n) is 12.1. The first kappa shape index (κ1) is 17.4. The lowest BCUT2D eigenvalue weighted by Gasteiger charge is -2.15. The van der Waals surface area contributed by atoms with Gasteiger partial charge in [0, 0.05) is 13.0 Å². The second kappa shape index (κ2) is 10.3. The van der Waals surface area contributed by atoms with Crippen molar-refractivity contribution in [2.75, 3.05) is 13.1 Å². The highest BCUT2D eigenvalue weighted by molar-refractivity contribution is 5.75. The molecule has 0 saturated carbocycles. The highest BCUT2D eigenvalue weighted by Crippen LogP contribution is 2.14. The van der Waals surface area contributed by atoms with E-state index >= 15 is 0 Å². The van der Waals surface area contributed by atoms with Crippen LogP contribution >= 0.6 is 0 Å². The number of carbonyl (C=O) groups is 1. The van der Waals surface area contributed by atoms with Gasteiger partial charge in [0.25, 0.3) is 0 Å². The number of nitrogens with one attached hydrogen (secondary N) is 1. The molecule has 0 aliphatic carbocycles. The molecule has 0 fully saturated rings. The van der Waals surface area contributed by atoms with Gasteiger partial charge >= 0.3 is 0 Å². The Hall–Kier alpha value is -0.610. The zero-order chi connectivity index (χ0) is 14.0. The summed E-state index contributed by atoms with van der Waals surface area (Å²) in [6.07, 6.45) is 3.78. The fourth-order valence-corrected chi connectivity index (χ4v) is 2.07. The van der Waals surface area contributed by atoms with Crippen LogP contribution in [0.15, 0.2) is 0 Å². The number of rotatable bonds is 10. The third kappa shape index (κ3) is 9.42. The van der Waals surface area contributed by atoms with E-state index in [-0.39, 0.29) is 5.91 Å². The molecule has 0 aromatic heterocycles. The highest BCUT2D eigenvalue weighted by Gasteiger charge is 2.11. The predicted octanol–water partition coefficient (Wildman–Crippen LogP) is 1.66. The Kier molecular flexibility index (Phi) is 9.98. The molecule has 0 aromatic rings. The van der Waals surface area contributed by atoms with E-state index in [9.17, 15) is 9.90 Å². The molecule has 0 aliphatic heterocycles. The quantitative estimate of drug-likeness (QED) is 0.558. The topological polar surface area (TPSA) is 75.4 Å². The number of aliphatic hydroxyl groups is 1. The van der Waals surface area contributed by atoms with Gasteiger partial charge in [-0.05, 0) is 37.6 Å². The molecular formula is C14H30N2O2. The number of nitrogens with two attached hydrogens (primary N) is 1. The van der Waals surface area contributed by atoms with E-state index in [0.717, 1.165) is 25.7 Å². The average molecular weight is 258 g/mol. The van der Waals surface area contributed by atoms with Crippen LogP contribution in [0, 0.1) is 11.8 Å². The van der Waals surface area contributed by atoms with Gasteiger partial charge in [-0.25, -0.2) is 0 Å². The molecule has 2 atom stereocenters. The molecule has 0 rings (SSSR count). The lowest BCUT2D eigenvalue weighted by atomic mass is 9.96.